The largest absolute Gasteiger partial charge is 0.462 e. The predicted molar refractivity (Wildman–Crippen MR) is 81.7 cm³/mol. The summed E-state index contributed by atoms with van der Waals surface area (Å²) in [7, 11) is 0. The van der Waals surface area contributed by atoms with Crippen LogP contribution in [0.1, 0.15) is 22.8 Å². The van der Waals surface area contributed by atoms with Gasteiger partial charge in [-0.25, -0.2) is 4.79 Å². The Morgan fingerprint density at radius 1 is 1.42 bits per heavy atom. The summed E-state index contributed by atoms with van der Waals surface area (Å²) >= 11 is 5.14. The van der Waals surface area contributed by atoms with Gasteiger partial charge >= 0.3 is 5.97 Å². The molecule has 0 fully saturated rings. The fourth-order valence-electron chi connectivity index (χ4n) is 1.59. The Kier molecular flexibility index (Phi) is 4.99. The van der Waals surface area contributed by atoms with Crippen LogP contribution in [0.15, 0.2) is 39.5 Å². The van der Waals surface area contributed by atoms with Crippen molar-refractivity contribution in [2.45, 2.75) is 13.5 Å². The van der Waals surface area contributed by atoms with Crippen molar-refractivity contribution in [1.82, 2.24) is 0 Å². The molecule has 19 heavy (non-hydrogen) atoms. The number of esters is 1. The van der Waals surface area contributed by atoms with Gasteiger partial charge in [0.15, 0.2) is 0 Å². The Hall–Kier alpha value is -1.33. The topological polar surface area (TPSA) is 38.3 Å². The van der Waals surface area contributed by atoms with Crippen molar-refractivity contribution in [3.8, 4) is 0 Å². The summed E-state index contributed by atoms with van der Waals surface area (Å²) in [6.45, 7) is 2.94. The van der Waals surface area contributed by atoms with E-state index in [4.69, 9.17) is 4.74 Å². The third-order valence-electron chi connectivity index (χ3n) is 2.54. The highest BCUT2D eigenvalue weighted by molar-refractivity contribution is 9.10. The van der Waals surface area contributed by atoms with Gasteiger partial charge in [-0.1, -0.05) is 0 Å². The zero-order chi connectivity index (χ0) is 13.7. The van der Waals surface area contributed by atoms with Gasteiger partial charge in [-0.3, -0.25) is 0 Å². The fourth-order valence-corrected chi connectivity index (χ4v) is 2.78. The van der Waals surface area contributed by atoms with Crippen molar-refractivity contribution in [3.05, 3.63) is 50.6 Å². The average Bonchev–Trinajstić information content (AvgIpc) is 2.90. The zero-order valence-electron chi connectivity index (χ0n) is 10.5. The van der Waals surface area contributed by atoms with Crippen molar-refractivity contribution < 1.29 is 9.53 Å². The number of hydrogen-bond acceptors (Lipinski definition) is 4. The Bertz CT molecular complexity index is 555. The summed E-state index contributed by atoms with van der Waals surface area (Å²) in [4.78, 5) is 11.6. The van der Waals surface area contributed by atoms with Crippen LogP contribution in [0.5, 0.6) is 0 Å². The molecule has 100 valence electrons. The molecular formula is C14H14BrNO2S. The van der Waals surface area contributed by atoms with Crippen LogP contribution in [0.2, 0.25) is 0 Å². The molecule has 0 atom stereocenters. The van der Waals surface area contributed by atoms with Gasteiger partial charge in [-0.15, -0.1) is 0 Å². The molecule has 0 saturated carbocycles. The van der Waals surface area contributed by atoms with Crippen molar-refractivity contribution in [3.63, 3.8) is 0 Å². The van der Waals surface area contributed by atoms with Crippen LogP contribution in [-0.2, 0) is 11.3 Å². The van der Waals surface area contributed by atoms with Crippen LogP contribution in [0.25, 0.3) is 0 Å². The predicted octanol–water partition coefficient (Wildman–Crippen LogP) is 4.30. The maximum absolute atomic E-state index is 11.6. The summed E-state index contributed by atoms with van der Waals surface area (Å²) in [6, 6.07) is 7.49. The Labute approximate surface area is 124 Å². The molecule has 0 aliphatic rings. The number of hydrogen-bond donors (Lipinski definition) is 1. The van der Waals surface area contributed by atoms with E-state index < -0.39 is 0 Å². The normalized spacial score (nSPS) is 10.2. The lowest BCUT2D eigenvalue weighted by atomic mass is 10.2. The van der Waals surface area contributed by atoms with Crippen molar-refractivity contribution >= 4 is 38.9 Å². The molecule has 0 radical (unpaired) electrons. The molecule has 3 nitrogen and oxygen atoms in total. The third kappa shape index (κ3) is 3.81. The fraction of sp³-hybridized carbons (Fsp3) is 0.214. The van der Waals surface area contributed by atoms with Gasteiger partial charge in [0.25, 0.3) is 0 Å². The summed E-state index contributed by atoms with van der Waals surface area (Å²) in [5, 5.41) is 7.48. The van der Waals surface area contributed by atoms with E-state index in [-0.39, 0.29) is 5.97 Å². The van der Waals surface area contributed by atoms with Crippen molar-refractivity contribution in [2.75, 3.05) is 11.9 Å². The van der Waals surface area contributed by atoms with E-state index in [1.54, 1.807) is 30.4 Å². The van der Waals surface area contributed by atoms with Gasteiger partial charge in [0, 0.05) is 16.7 Å². The van der Waals surface area contributed by atoms with Gasteiger partial charge < -0.3 is 10.1 Å². The minimum atomic E-state index is -0.299. The number of halogens is 1. The standard InChI is InChI=1S/C14H14BrNO2S/c1-2-18-14(17)11-3-4-13(12(15)7-11)16-8-10-5-6-19-9-10/h3-7,9,16H,2,8H2,1H3. The molecule has 0 aliphatic carbocycles. The average molecular weight is 340 g/mol. The van der Waals surface area contributed by atoms with Crippen LogP contribution in [0.3, 0.4) is 0 Å². The first-order valence-electron chi connectivity index (χ1n) is 5.92. The molecule has 1 N–H and O–H groups in total. The van der Waals surface area contributed by atoms with Gasteiger partial charge in [0.2, 0.25) is 0 Å². The lowest BCUT2D eigenvalue weighted by Crippen LogP contribution is -2.05. The van der Waals surface area contributed by atoms with E-state index in [0.29, 0.717) is 12.2 Å². The monoisotopic (exact) mass is 339 g/mol. The first kappa shape index (κ1) is 14.1. The van der Waals surface area contributed by atoms with Crippen molar-refractivity contribution in [2.24, 2.45) is 0 Å². The van der Waals surface area contributed by atoms with Gasteiger partial charge in [-0.2, -0.15) is 11.3 Å². The first-order chi connectivity index (χ1) is 9.20. The van der Waals surface area contributed by atoms with E-state index in [9.17, 15) is 4.79 Å². The molecule has 2 aromatic rings. The number of anilines is 1. The van der Waals surface area contributed by atoms with Gasteiger partial charge in [0.05, 0.1) is 12.2 Å². The molecule has 0 unspecified atom stereocenters. The zero-order valence-corrected chi connectivity index (χ0v) is 12.9. The highest BCUT2D eigenvalue weighted by Crippen LogP contribution is 2.24. The number of ether oxygens (including phenoxy) is 1. The lowest BCUT2D eigenvalue weighted by molar-refractivity contribution is 0.0526. The van der Waals surface area contributed by atoms with Gasteiger partial charge in [0.1, 0.15) is 0 Å². The second kappa shape index (κ2) is 6.73. The van der Waals surface area contributed by atoms with Crippen LogP contribution >= 0.6 is 27.3 Å². The Balaban J connectivity index is 2.04. The number of benzene rings is 1. The third-order valence-corrected chi connectivity index (χ3v) is 3.93. The summed E-state index contributed by atoms with van der Waals surface area (Å²) in [5.41, 5.74) is 2.75. The number of rotatable bonds is 5. The Morgan fingerprint density at radius 3 is 2.89 bits per heavy atom. The molecule has 0 bridgehead atoms. The molecule has 5 heteroatoms. The Morgan fingerprint density at radius 2 is 2.26 bits per heavy atom. The van der Waals surface area contributed by atoms with Crippen LogP contribution in [-0.4, -0.2) is 12.6 Å². The van der Waals surface area contributed by atoms with E-state index in [1.165, 1.54) is 5.56 Å². The molecule has 1 aromatic carbocycles. The second-order valence-electron chi connectivity index (χ2n) is 3.90. The quantitative estimate of drug-likeness (QED) is 0.825. The van der Waals surface area contributed by atoms with Crippen LogP contribution < -0.4 is 5.32 Å². The lowest BCUT2D eigenvalue weighted by Gasteiger charge is -2.09. The van der Waals surface area contributed by atoms with E-state index in [2.05, 4.69) is 38.1 Å². The van der Waals surface area contributed by atoms with Gasteiger partial charge in [-0.05, 0) is 63.4 Å². The molecule has 0 spiro atoms. The number of carbonyl (C=O) groups excluding carboxylic acids is 1. The van der Waals surface area contributed by atoms with E-state index in [0.717, 1.165) is 16.7 Å². The maximum Gasteiger partial charge on any atom is 0.338 e. The second-order valence-corrected chi connectivity index (χ2v) is 5.53. The summed E-state index contributed by atoms with van der Waals surface area (Å²) < 4.78 is 5.82. The van der Waals surface area contributed by atoms with E-state index >= 15 is 0 Å². The first-order valence-corrected chi connectivity index (χ1v) is 7.66. The number of nitrogens with one attached hydrogen (secondary N) is 1. The summed E-state index contributed by atoms with van der Waals surface area (Å²) in [5.74, 6) is -0.299. The molecule has 0 amide bonds. The highest BCUT2D eigenvalue weighted by Gasteiger charge is 2.09. The molecule has 0 saturated heterocycles. The smallest absolute Gasteiger partial charge is 0.338 e. The molecule has 1 heterocycles. The minimum Gasteiger partial charge on any atom is -0.462 e. The summed E-state index contributed by atoms with van der Waals surface area (Å²) in [6.07, 6.45) is 0. The van der Waals surface area contributed by atoms with Crippen molar-refractivity contribution in [1.29, 1.82) is 0 Å². The number of thiophene rings is 1. The molecule has 2 rings (SSSR count). The molecule has 0 aliphatic heterocycles. The van der Waals surface area contributed by atoms with Crippen LogP contribution in [0, 0.1) is 0 Å². The maximum atomic E-state index is 11.6. The van der Waals surface area contributed by atoms with Crippen LogP contribution in [0.4, 0.5) is 5.69 Å². The molecular weight excluding hydrogens is 326 g/mol. The number of carbonyl (C=O) groups is 1. The van der Waals surface area contributed by atoms with E-state index in [1.807, 2.05) is 6.07 Å². The molecule has 1 aromatic heterocycles. The highest BCUT2D eigenvalue weighted by atomic mass is 79.9. The SMILES string of the molecule is CCOC(=O)c1ccc(NCc2ccsc2)c(Br)c1. The minimum absolute atomic E-state index is 0.299.